The van der Waals surface area contributed by atoms with Crippen molar-refractivity contribution in [1.29, 1.82) is 0 Å². The van der Waals surface area contributed by atoms with Gasteiger partial charge >= 0.3 is 5.97 Å². The first-order valence-electron chi connectivity index (χ1n) is 4.86. The molecule has 1 aromatic heterocycles. The largest absolute Gasteiger partial charge is 0.478 e. The van der Waals surface area contributed by atoms with Crippen molar-refractivity contribution in [2.24, 2.45) is 0 Å². The normalized spacial score (nSPS) is 14.1. The predicted octanol–water partition coefficient (Wildman–Crippen LogP) is 1.72. The fourth-order valence-corrected chi connectivity index (χ4v) is 1.75. The maximum Gasteiger partial charge on any atom is 0.339 e. The van der Waals surface area contributed by atoms with E-state index in [-0.39, 0.29) is 16.6 Å². The van der Waals surface area contributed by atoms with Crippen LogP contribution in [0, 0.1) is 0 Å². The summed E-state index contributed by atoms with van der Waals surface area (Å²) in [5, 5.41) is 11.8. The van der Waals surface area contributed by atoms with Crippen LogP contribution in [0.3, 0.4) is 0 Å². The van der Waals surface area contributed by atoms with Crippen molar-refractivity contribution in [3.8, 4) is 0 Å². The molecule has 1 aromatic rings. The third-order valence-corrected chi connectivity index (χ3v) is 3.94. The molecule has 1 heterocycles. The predicted molar refractivity (Wildman–Crippen MR) is 70.9 cm³/mol. The summed E-state index contributed by atoms with van der Waals surface area (Å²) in [7, 11) is -0.953. The molecule has 0 fully saturated rings. The van der Waals surface area contributed by atoms with Crippen molar-refractivity contribution in [3.63, 3.8) is 0 Å². The van der Waals surface area contributed by atoms with Crippen LogP contribution in [-0.4, -0.2) is 38.3 Å². The SMILES string of the molecule is CC(CNc1ncc(Br)cc1C(=O)O)S(C)=O. The second kappa shape index (κ2) is 6.11. The summed E-state index contributed by atoms with van der Waals surface area (Å²) < 4.78 is 11.8. The first-order chi connectivity index (χ1) is 7.91. The number of halogens is 1. The topological polar surface area (TPSA) is 79.3 Å². The van der Waals surface area contributed by atoms with Gasteiger partial charge in [-0.05, 0) is 28.9 Å². The molecule has 0 bridgehead atoms. The van der Waals surface area contributed by atoms with Gasteiger partial charge in [-0.25, -0.2) is 9.78 Å². The lowest BCUT2D eigenvalue weighted by molar-refractivity contribution is 0.0697. The lowest BCUT2D eigenvalue weighted by atomic mass is 10.2. The number of carboxylic acid groups (broad SMARTS) is 1. The molecule has 94 valence electrons. The Morgan fingerprint density at radius 2 is 2.35 bits per heavy atom. The van der Waals surface area contributed by atoms with Crippen LogP contribution < -0.4 is 5.32 Å². The van der Waals surface area contributed by atoms with Gasteiger partial charge in [0, 0.05) is 39.5 Å². The van der Waals surface area contributed by atoms with Crippen LogP contribution in [0.15, 0.2) is 16.7 Å². The van der Waals surface area contributed by atoms with E-state index >= 15 is 0 Å². The number of nitrogens with zero attached hydrogens (tertiary/aromatic N) is 1. The molecule has 0 saturated heterocycles. The Balaban J connectivity index is 2.84. The lowest BCUT2D eigenvalue weighted by Crippen LogP contribution is -2.22. The highest BCUT2D eigenvalue weighted by atomic mass is 79.9. The fourth-order valence-electron chi connectivity index (χ4n) is 1.10. The monoisotopic (exact) mass is 320 g/mol. The Hall–Kier alpha value is -0.950. The minimum Gasteiger partial charge on any atom is -0.478 e. The molecule has 0 amide bonds. The zero-order chi connectivity index (χ0) is 13.0. The van der Waals surface area contributed by atoms with Crippen LogP contribution in [0.25, 0.3) is 0 Å². The molecule has 0 aromatic carbocycles. The minimum atomic E-state index is -1.05. The number of rotatable bonds is 5. The maximum absolute atomic E-state index is 11.2. The van der Waals surface area contributed by atoms with Gasteiger partial charge in [0.25, 0.3) is 0 Å². The minimum absolute atomic E-state index is 0.0675. The number of anilines is 1. The molecule has 1 rings (SSSR count). The highest BCUT2D eigenvalue weighted by molar-refractivity contribution is 9.10. The number of carbonyl (C=O) groups is 1. The van der Waals surface area contributed by atoms with E-state index in [4.69, 9.17) is 5.11 Å². The van der Waals surface area contributed by atoms with Gasteiger partial charge in [-0.15, -0.1) is 0 Å². The molecule has 2 atom stereocenters. The molecule has 0 radical (unpaired) electrons. The van der Waals surface area contributed by atoms with E-state index in [0.29, 0.717) is 11.0 Å². The molecule has 7 heteroatoms. The van der Waals surface area contributed by atoms with E-state index in [9.17, 15) is 9.00 Å². The van der Waals surface area contributed by atoms with E-state index in [0.717, 1.165) is 0 Å². The average molecular weight is 321 g/mol. The van der Waals surface area contributed by atoms with Crippen molar-refractivity contribution in [2.75, 3.05) is 18.1 Å². The van der Waals surface area contributed by atoms with E-state index < -0.39 is 16.8 Å². The summed E-state index contributed by atoms with van der Waals surface area (Å²) >= 11 is 3.17. The van der Waals surface area contributed by atoms with Crippen LogP contribution in [0.5, 0.6) is 0 Å². The quantitative estimate of drug-likeness (QED) is 0.863. The molecule has 5 nitrogen and oxygen atoms in total. The van der Waals surface area contributed by atoms with Crippen molar-refractivity contribution >= 4 is 38.5 Å². The van der Waals surface area contributed by atoms with Crippen LogP contribution in [0.4, 0.5) is 5.82 Å². The van der Waals surface area contributed by atoms with E-state index in [1.165, 1.54) is 12.3 Å². The molecule has 0 spiro atoms. The van der Waals surface area contributed by atoms with Gasteiger partial charge < -0.3 is 10.4 Å². The summed E-state index contributed by atoms with van der Waals surface area (Å²) in [6.07, 6.45) is 3.13. The summed E-state index contributed by atoms with van der Waals surface area (Å²) in [5.41, 5.74) is 0.0912. The smallest absolute Gasteiger partial charge is 0.339 e. The molecular weight excluding hydrogens is 308 g/mol. The third kappa shape index (κ3) is 4.08. The van der Waals surface area contributed by atoms with Crippen LogP contribution in [-0.2, 0) is 10.8 Å². The summed E-state index contributed by atoms with van der Waals surface area (Å²) in [6.45, 7) is 2.24. The standard InChI is InChI=1S/C10H13BrN2O3S/c1-6(17(2)16)4-12-9-8(10(14)15)3-7(11)5-13-9/h3,5-6H,4H2,1-2H3,(H,12,13)(H,14,15). The van der Waals surface area contributed by atoms with E-state index in [1.54, 1.807) is 6.26 Å². The first-order valence-corrected chi connectivity index (χ1v) is 7.28. The van der Waals surface area contributed by atoms with Crippen LogP contribution in [0.2, 0.25) is 0 Å². The van der Waals surface area contributed by atoms with Crippen molar-refractivity contribution in [2.45, 2.75) is 12.2 Å². The number of carboxylic acids is 1. The van der Waals surface area contributed by atoms with Gasteiger partial charge in [0.1, 0.15) is 11.4 Å². The molecule has 0 aliphatic carbocycles. The van der Waals surface area contributed by atoms with Gasteiger partial charge in [0.15, 0.2) is 0 Å². The maximum atomic E-state index is 11.2. The average Bonchev–Trinajstić information content (AvgIpc) is 2.26. The fraction of sp³-hybridized carbons (Fsp3) is 0.400. The number of nitrogens with one attached hydrogen (secondary N) is 1. The van der Waals surface area contributed by atoms with Gasteiger partial charge in [0.2, 0.25) is 0 Å². The number of hydrogen-bond donors (Lipinski definition) is 2. The van der Waals surface area contributed by atoms with Gasteiger partial charge in [-0.3, -0.25) is 4.21 Å². The zero-order valence-electron chi connectivity index (χ0n) is 9.44. The molecule has 0 saturated carbocycles. The Bertz CT molecular complexity index is 453. The highest BCUT2D eigenvalue weighted by Crippen LogP contribution is 2.18. The Labute approximate surface area is 110 Å². The lowest BCUT2D eigenvalue weighted by Gasteiger charge is -2.12. The second-order valence-corrected chi connectivity index (χ2v) is 6.26. The molecule has 0 aliphatic heterocycles. The molecule has 17 heavy (non-hydrogen) atoms. The molecule has 2 N–H and O–H groups in total. The summed E-state index contributed by atoms with van der Waals surface area (Å²) in [5.74, 6) is -0.760. The number of hydrogen-bond acceptors (Lipinski definition) is 4. The van der Waals surface area contributed by atoms with E-state index in [1.807, 2.05) is 6.92 Å². The van der Waals surface area contributed by atoms with Gasteiger partial charge in [-0.2, -0.15) is 0 Å². The highest BCUT2D eigenvalue weighted by Gasteiger charge is 2.13. The number of aromatic carboxylic acids is 1. The van der Waals surface area contributed by atoms with Gasteiger partial charge in [0.05, 0.1) is 0 Å². The summed E-state index contributed by atoms with van der Waals surface area (Å²) in [6, 6.07) is 1.48. The second-order valence-electron chi connectivity index (χ2n) is 3.54. The Morgan fingerprint density at radius 3 is 2.88 bits per heavy atom. The van der Waals surface area contributed by atoms with Gasteiger partial charge in [-0.1, -0.05) is 0 Å². The van der Waals surface area contributed by atoms with Crippen molar-refractivity contribution in [1.82, 2.24) is 4.98 Å². The molecule has 0 aliphatic rings. The van der Waals surface area contributed by atoms with Crippen molar-refractivity contribution in [3.05, 3.63) is 22.3 Å². The third-order valence-electron chi connectivity index (χ3n) is 2.21. The number of aromatic nitrogens is 1. The Morgan fingerprint density at radius 1 is 1.71 bits per heavy atom. The zero-order valence-corrected chi connectivity index (χ0v) is 11.8. The molecule has 2 unspecified atom stereocenters. The van der Waals surface area contributed by atoms with Crippen molar-refractivity contribution < 1.29 is 14.1 Å². The Kier molecular flexibility index (Phi) is 5.07. The first kappa shape index (κ1) is 14.1. The number of pyridine rings is 1. The van der Waals surface area contributed by atoms with E-state index in [2.05, 4.69) is 26.2 Å². The molecular formula is C10H13BrN2O3S. The summed E-state index contributed by atoms with van der Waals surface area (Å²) in [4.78, 5) is 15.0. The van der Waals surface area contributed by atoms with Crippen LogP contribution in [0.1, 0.15) is 17.3 Å². The van der Waals surface area contributed by atoms with Crippen LogP contribution >= 0.6 is 15.9 Å².